The number of likely N-dealkylation sites (tertiary alicyclic amines) is 2. The van der Waals surface area contributed by atoms with Crippen LogP contribution in [-0.2, 0) is 38.1 Å². The number of quaternary nitrogens is 1. The number of carbonyl (C=O) groups excluding carboxylic acids is 4. The standard InChI is InChI=1S/C38H61N2O8.BrH/c1-23(41)45-28-11-16-39(17-12-28)33-22-38(6)27(20-35(33)47-25(3)43)8-9-30-31(38)10-15-37(5)32(30)21-34(36(37)48-26(4)44)40(7)18-13-29(14-19-40)46-24(2)42;/h27-36H,8-22H2,1-7H3;1H/q+1;/p-1/t27?,29?,30-,31-,32+,33?,34?,35?,36?,37+,38+,40?;/m1./s1. The Kier molecular flexibility index (Phi) is 11.6. The van der Waals surface area contributed by atoms with Gasteiger partial charge in [-0.1, -0.05) is 13.8 Å². The average Bonchev–Trinajstić information content (AvgIpc) is 3.30. The number of esters is 4. The van der Waals surface area contributed by atoms with Gasteiger partial charge in [-0.25, -0.2) is 0 Å². The normalized spacial score (nSPS) is 43.9. The minimum absolute atomic E-state index is 0. The highest BCUT2D eigenvalue weighted by atomic mass is 79.9. The van der Waals surface area contributed by atoms with Crippen LogP contribution in [0.3, 0.4) is 0 Å². The molecule has 49 heavy (non-hydrogen) atoms. The molecule has 2 saturated heterocycles. The Morgan fingerprint density at radius 2 is 1.24 bits per heavy atom. The Morgan fingerprint density at radius 1 is 0.673 bits per heavy atom. The van der Waals surface area contributed by atoms with Gasteiger partial charge in [0.15, 0.2) is 6.10 Å². The summed E-state index contributed by atoms with van der Waals surface area (Å²) < 4.78 is 24.5. The second-order valence-electron chi connectivity index (χ2n) is 17.3. The molecule has 278 valence electrons. The van der Waals surface area contributed by atoms with Crippen LogP contribution >= 0.6 is 0 Å². The predicted octanol–water partition coefficient (Wildman–Crippen LogP) is 2.05. The lowest BCUT2D eigenvalue weighted by atomic mass is 9.44. The smallest absolute Gasteiger partial charge is 0.303 e. The van der Waals surface area contributed by atoms with Gasteiger partial charge in [-0.05, 0) is 80.5 Å². The van der Waals surface area contributed by atoms with E-state index in [0.29, 0.717) is 23.7 Å². The van der Waals surface area contributed by atoms with Crippen LogP contribution in [0.1, 0.15) is 112 Å². The molecule has 2 aliphatic heterocycles. The summed E-state index contributed by atoms with van der Waals surface area (Å²) in [6.07, 6.45) is 10.5. The minimum Gasteiger partial charge on any atom is -1.00 e. The number of carbonyl (C=O) groups is 4. The van der Waals surface area contributed by atoms with Gasteiger partial charge in [0, 0.05) is 71.5 Å². The molecule has 6 fully saturated rings. The number of nitrogens with zero attached hydrogens (tertiary/aromatic N) is 2. The summed E-state index contributed by atoms with van der Waals surface area (Å²) >= 11 is 0. The molecule has 0 radical (unpaired) electrons. The molecular weight excluding hydrogens is 692 g/mol. The first-order chi connectivity index (χ1) is 22.6. The van der Waals surface area contributed by atoms with E-state index in [-0.39, 0.29) is 88.2 Å². The number of fused-ring (bicyclic) bond motifs is 5. The maximum Gasteiger partial charge on any atom is 0.303 e. The van der Waals surface area contributed by atoms with Crippen molar-refractivity contribution < 1.29 is 59.6 Å². The van der Waals surface area contributed by atoms with Crippen molar-refractivity contribution in [2.75, 3.05) is 33.2 Å². The van der Waals surface area contributed by atoms with Crippen molar-refractivity contribution in [3.05, 3.63) is 0 Å². The third-order valence-electron chi connectivity index (χ3n) is 14.5. The van der Waals surface area contributed by atoms with Crippen molar-refractivity contribution in [3.63, 3.8) is 0 Å². The highest BCUT2D eigenvalue weighted by Gasteiger charge is 2.67. The van der Waals surface area contributed by atoms with Crippen molar-refractivity contribution in [1.29, 1.82) is 0 Å². The summed E-state index contributed by atoms with van der Waals surface area (Å²) in [7, 11) is 2.34. The molecule has 4 aliphatic carbocycles. The molecule has 4 saturated carbocycles. The molecule has 0 amide bonds. The number of ether oxygens (including phenoxy) is 4. The fraction of sp³-hybridized carbons (Fsp3) is 0.895. The number of hydrogen-bond donors (Lipinski definition) is 0. The van der Waals surface area contributed by atoms with Gasteiger partial charge in [0.2, 0.25) is 0 Å². The van der Waals surface area contributed by atoms with Crippen molar-refractivity contribution in [1.82, 2.24) is 4.90 Å². The minimum atomic E-state index is -0.218. The van der Waals surface area contributed by atoms with Gasteiger partial charge in [-0.3, -0.25) is 24.1 Å². The summed E-state index contributed by atoms with van der Waals surface area (Å²) in [5.74, 6) is 1.32. The van der Waals surface area contributed by atoms with E-state index in [1.807, 2.05) is 0 Å². The van der Waals surface area contributed by atoms with Gasteiger partial charge < -0.3 is 40.4 Å². The van der Waals surface area contributed by atoms with E-state index in [0.717, 1.165) is 94.9 Å². The van der Waals surface area contributed by atoms with Gasteiger partial charge in [0.1, 0.15) is 24.4 Å². The highest BCUT2D eigenvalue weighted by molar-refractivity contribution is 5.67. The molecule has 0 bridgehead atoms. The molecular formula is C38H61BrN2O8. The van der Waals surface area contributed by atoms with Gasteiger partial charge in [-0.2, -0.15) is 0 Å². The number of rotatable bonds is 6. The van der Waals surface area contributed by atoms with Crippen LogP contribution < -0.4 is 17.0 Å². The zero-order valence-electron chi connectivity index (χ0n) is 30.9. The molecule has 0 N–H and O–H groups in total. The summed E-state index contributed by atoms with van der Waals surface area (Å²) in [4.78, 5) is 50.8. The van der Waals surface area contributed by atoms with Gasteiger partial charge in [0.25, 0.3) is 0 Å². The zero-order valence-corrected chi connectivity index (χ0v) is 32.5. The summed E-state index contributed by atoms with van der Waals surface area (Å²) in [6, 6.07) is 0.394. The van der Waals surface area contributed by atoms with E-state index in [2.05, 4.69) is 25.8 Å². The number of piperidine rings is 2. The highest BCUT2D eigenvalue weighted by Crippen LogP contribution is 2.67. The fourth-order valence-corrected chi connectivity index (χ4v) is 12.3. The Morgan fingerprint density at radius 3 is 1.82 bits per heavy atom. The molecule has 0 aromatic carbocycles. The maximum atomic E-state index is 12.7. The van der Waals surface area contributed by atoms with Crippen LogP contribution in [0.4, 0.5) is 0 Å². The molecule has 11 heteroatoms. The maximum absolute atomic E-state index is 12.7. The van der Waals surface area contributed by atoms with Crippen LogP contribution in [0, 0.1) is 34.5 Å². The van der Waals surface area contributed by atoms with Crippen LogP contribution in [0.5, 0.6) is 0 Å². The predicted molar refractivity (Wildman–Crippen MR) is 178 cm³/mol. The number of hydrogen-bond acceptors (Lipinski definition) is 9. The van der Waals surface area contributed by atoms with E-state index < -0.39 is 0 Å². The monoisotopic (exact) mass is 752 g/mol. The van der Waals surface area contributed by atoms with Gasteiger partial charge >= 0.3 is 23.9 Å². The molecule has 2 heterocycles. The first-order valence-corrected chi connectivity index (χ1v) is 18.9. The van der Waals surface area contributed by atoms with Gasteiger partial charge in [0.05, 0.1) is 20.1 Å². The molecule has 6 aliphatic rings. The quantitative estimate of drug-likeness (QED) is 0.229. The molecule has 6 rings (SSSR count). The topological polar surface area (TPSA) is 108 Å². The second-order valence-corrected chi connectivity index (χ2v) is 17.3. The Labute approximate surface area is 304 Å². The summed E-state index contributed by atoms with van der Waals surface area (Å²) in [5, 5.41) is 0. The first-order valence-electron chi connectivity index (χ1n) is 18.9. The van der Waals surface area contributed by atoms with Crippen molar-refractivity contribution in [2.24, 2.45) is 34.5 Å². The summed E-state index contributed by atoms with van der Waals surface area (Å²) in [6.45, 7) is 14.6. The summed E-state index contributed by atoms with van der Waals surface area (Å²) in [5.41, 5.74) is 0.0653. The second kappa shape index (κ2) is 14.7. The fourth-order valence-electron chi connectivity index (χ4n) is 12.3. The molecule has 0 spiro atoms. The van der Waals surface area contributed by atoms with Crippen LogP contribution in [0.15, 0.2) is 0 Å². The van der Waals surface area contributed by atoms with Crippen molar-refractivity contribution in [3.8, 4) is 0 Å². The van der Waals surface area contributed by atoms with Crippen molar-refractivity contribution >= 4 is 23.9 Å². The lowest BCUT2D eigenvalue weighted by Gasteiger charge is -2.62. The number of likely N-dealkylation sites (N-methyl/N-ethyl adjacent to an activating group) is 1. The van der Waals surface area contributed by atoms with Crippen LogP contribution in [-0.4, -0.2) is 103 Å². The third kappa shape index (κ3) is 7.46. The lowest BCUT2D eigenvalue weighted by molar-refractivity contribution is -0.941. The largest absolute Gasteiger partial charge is 1.00 e. The van der Waals surface area contributed by atoms with Crippen LogP contribution in [0.25, 0.3) is 0 Å². The first kappa shape index (κ1) is 38.5. The van der Waals surface area contributed by atoms with Crippen molar-refractivity contribution in [2.45, 2.75) is 149 Å². The number of halogens is 1. The molecule has 0 aromatic heterocycles. The van der Waals surface area contributed by atoms with E-state index in [1.54, 1.807) is 6.92 Å². The van der Waals surface area contributed by atoms with Crippen LogP contribution in [0.2, 0.25) is 0 Å². The zero-order chi connectivity index (χ0) is 34.6. The van der Waals surface area contributed by atoms with E-state index in [1.165, 1.54) is 27.2 Å². The van der Waals surface area contributed by atoms with Gasteiger partial charge in [-0.15, -0.1) is 0 Å². The molecule has 5 unspecified atom stereocenters. The molecule has 10 atom stereocenters. The lowest BCUT2D eigenvalue weighted by Crippen LogP contribution is -3.00. The van der Waals surface area contributed by atoms with E-state index in [9.17, 15) is 19.2 Å². The Balaban J connectivity index is 0.00000468. The SMILES string of the molecule is CC(=O)OC1CCN(C2C[C@@]3(C)C(CC[C@@H]4[C@H]3CC[C@]3(C)C(OC(C)=O)C([N+]5(C)CCC(OC(C)=O)CC5)C[C@@H]43)CC2OC(C)=O)CC1.[Br-]. The molecule has 10 nitrogen and oxygen atoms in total. The average molecular weight is 754 g/mol. The van der Waals surface area contributed by atoms with E-state index >= 15 is 0 Å². The van der Waals surface area contributed by atoms with E-state index in [4.69, 9.17) is 18.9 Å². The third-order valence-corrected chi connectivity index (χ3v) is 14.5. The Bertz CT molecular complexity index is 1250. The Hall–Kier alpha value is -1.72. The molecule has 0 aromatic rings.